The van der Waals surface area contributed by atoms with Gasteiger partial charge in [-0.05, 0) is 81.1 Å². The van der Waals surface area contributed by atoms with Gasteiger partial charge in [-0.3, -0.25) is 0 Å². The molecule has 5 saturated carbocycles. The van der Waals surface area contributed by atoms with Crippen LogP contribution in [0.15, 0.2) is 12.2 Å². The van der Waals surface area contributed by atoms with Crippen LogP contribution in [0.25, 0.3) is 0 Å². The molecule has 0 amide bonds. The number of ether oxygens (including phenoxy) is 3. The predicted molar refractivity (Wildman–Crippen MR) is 101 cm³/mol. The van der Waals surface area contributed by atoms with Crippen LogP contribution in [0.1, 0.15) is 65.7 Å². The van der Waals surface area contributed by atoms with Crippen LogP contribution in [0.5, 0.6) is 0 Å². The Hall–Kier alpha value is -0.420. The van der Waals surface area contributed by atoms with Gasteiger partial charge in [-0.2, -0.15) is 0 Å². The SMILES string of the molecule is C=C1[C@H]2CC[C@@]34C(C2)[C@@]25CCC[C@@](C)(CO[C@H]2O)C5C[C@H]3OC(C)(C)O[C@@H]14. The van der Waals surface area contributed by atoms with Gasteiger partial charge in [-0.25, -0.2) is 0 Å². The second kappa shape index (κ2) is 5.00. The molecule has 1 spiro atoms. The quantitative estimate of drug-likeness (QED) is 0.651. The Bertz CT molecular complexity index is 702. The smallest absolute Gasteiger partial charge is 0.163 e. The lowest BCUT2D eigenvalue weighted by Crippen LogP contribution is -2.77. The van der Waals surface area contributed by atoms with E-state index in [0.29, 0.717) is 24.4 Å². The highest BCUT2D eigenvalue weighted by Gasteiger charge is 2.76. The Morgan fingerprint density at radius 3 is 2.63 bits per heavy atom. The topological polar surface area (TPSA) is 47.9 Å². The van der Waals surface area contributed by atoms with Gasteiger partial charge in [0.25, 0.3) is 0 Å². The second-order valence-corrected chi connectivity index (χ2v) is 11.3. The molecular weight excluding hydrogens is 340 g/mol. The van der Waals surface area contributed by atoms with Gasteiger partial charge in [-0.15, -0.1) is 0 Å². The highest BCUT2D eigenvalue weighted by Crippen LogP contribution is 2.76. The maximum atomic E-state index is 11.3. The van der Waals surface area contributed by atoms with Crippen LogP contribution in [-0.4, -0.2) is 36.0 Å². The lowest BCUT2D eigenvalue weighted by atomic mass is 9.34. The van der Waals surface area contributed by atoms with Crippen LogP contribution < -0.4 is 0 Å². The number of hydrogen-bond acceptors (Lipinski definition) is 4. The van der Waals surface area contributed by atoms with Crippen molar-refractivity contribution < 1.29 is 19.3 Å². The summed E-state index contributed by atoms with van der Waals surface area (Å²) < 4.78 is 19.4. The molecule has 27 heavy (non-hydrogen) atoms. The van der Waals surface area contributed by atoms with E-state index in [0.717, 1.165) is 25.7 Å². The summed E-state index contributed by atoms with van der Waals surface area (Å²) in [5.74, 6) is 0.849. The van der Waals surface area contributed by atoms with Crippen LogP contribution in [0, 0.1) is 34.0 Å². The number of fused-ring (bicyclic) bond motifs is 1. The van der Waals surface area contributed by atoms with Crippen LogP contribution in [0.4, 0.5) is 0 Å². The number of aliphatic hydroxyl groups is 1. The van der Waals surface area contributed by atoms with E-state index in [1.807, 2.05) is 0 Å². The minimum absolute atomic E-state index is 0.0300. The average molecular weight is 375 g/mol. The maximum absolute atomic E-state index is 11.3. The summed E-state index contributed by atoms with van der Waals surface area (Å²) in [6.45, 7) is 11.7. The van der Waals surface area contributed by atoms with E-state index in [-0.39, 0.29) is 28.5 Å². The van der Waals surface area contributed by atoms with E-state index in [2.05, 4.69) is 27.4 Å². The van der Waals surface area contributed by atoms with Crippen molar-refractivity contribution in [3.05, 3.63) is 12.2 Å². The minimum atomic E-state index is -0.639. The average Bonchev–Trinajstić information content (AvgIpc) is 2.61. The van der Waals surface area contributed by atoms with Gasteiger partial charge in [0.05, 0.1) is 18.8 Å². The van der Waals surface area contributed by atoms with Crippen molar-refractivity contribution in [2.45, 2.75) is 90.0 Å². The van der Waals surface area contributed by atoms with Crippen LogP contribution in [0.3, 0.4) is 0 Å². The lowest BCUT2D eigenvalue weighted by molar-refractivity contribution is -0.421. The van der Waals surface area contributed by atoms with Crippen molar-refractivity contribution in [1.82, 2.24) is 0 Å². The highest BCUT2D eigenvalue weighted by atomic mass is 16.7. The molecule has 2 heterocycles. The first-order valence-corrected chi connectivity index (χ1v) is 11.1. The molecule has 4 heteroatoms. The summed E-state index contributed by atoms with van der Waals surface area (Å²) in [6, 6.07) is 0. The molecule has 0 radical (unpaired) electrons. The van der Waals surface area contributed by atoms with E-state index in [1.165, 1.54) is 24.8 Å². The summed E-state index contributed by atoms with van der Waals surface area (Å²) in [5, 5.41) is 11.3. The third kappa shape index (κ3) is 1.85. The van der Waals surface area contributed by atoms with Crippen molar-refractivity contribution in [2.24, 2.45) is 34.0 Å². The molecule has 1 N–H and O–H groups in total. The first kappa shape index (κ1) is 17.4. The maximum Gasteiger partial charge on any atom is 0.163 e. The Morgan fingerprint density at radius 2 is 1.81 bits per heavy atom. The first-order valence-electron chi connectivity index (χ1n) is 11.1. The van der Waals surface area contributed by atoms with Crippen molar-refractivity contribution >= 4 is 0 Å². The number of hydrogen-bond donors (Lipinski definition) is 1. The Kier molecular flexibility index (Phi) is 3.23. The zero-order valence-corrected chi connectivity index (χ0v) is 17.0. The van der Waals surface area contributed by atoms with Crippen molar-refractivity contribution in [3.8, 4) is 0 Å². The summed E-state index contributed by atoms with van der Waals surface area (Å²) in [7, 11) is 0. The Morgan fingerprint density at radius 1 is 1.00 bits per heavy atom. The zero-order valence-electron chi connectivity index (χ0n) is 17.0. The van der Waals surface area contributed by atoms with E-state index in [4.69, 9.17) is 14.2 Å². The van der Waals surface area contributed by atoms with Crippen LogP contribution in [0.2, 0.25) is 0 Å². The van der Waals surface area contributed by atoms with E-state index in [1.54, 1.807) is 0 Å². The molecule has 150 valence electrons. The van der Waals surface area contributed by atoms with Gasteiger partial charge in [-0.1, -0.05) is 19.9 Å². The van der Waals surface area contributed by atoms with Gasteiger partial charge >= 0.3 is 0 Å². The number of aliphatic hydroxyl groups excluding tert-OH is 1. The molecule has 0 aromatic heterocycles. The van der Waals surface area contributed by atoms with E-state index < -0.39 is 12.1 Å². The van der Waals surface area contributed by atoms with E-state index in [9.17, 15) is 5.11 Å². The van der Waals surface area contributed by atoms with Crippen LogP contribution in [-0.2, 0) is 14.2 Å². The molecular formula is C23H34O4. The largest absolute Gasteiger partial charge is 0.367 e. The monoisotopic (exact) mass is 374 g/mol. The molecule has 0 aromatic carbocycles. The zero-order chi connectivity index (χ0) is 18.8. The lowest BCUT2D eigenvalue weighted by Gasteiger charge is -2.75. The molecule has 7 rings (SSSR count). The predicted octanol–water partition coefficient (Wildman–Crippen LogP) is 4.02. The van der Waals surface area contributed by atoms with Gasteiger partial charge < -0.3 is 19.3 Å². The molecule has 2 aliphatic heterocycles. The van der Waals surface area contributed by atoms with Gasteiger partial charge in [0.1, 0.15) is 0 Å². The molecule has 7 aliphatic rings. The molecule has 4 bridgehead atoms. The fraction of sp³-hybridized carbons (Fsp3) is 0.913. The normalized spacial score (nSPS) is 60.5. The first-order chi connectivity index (χ1) is 12.7. The number of rotatable bonds is 0. The third-order valence-corrected chi connectivity index (χ3v) is 9.85. The minimum Gasteiger partial charge on any atom is -0.367 e. The third-order valence-electron chi connectivity index (χ3n) is 9.85. The molecule has 2 saturated heterocycles. The Balaban J connectivity index is 1.55. The highest BCUT2D eigenvalue weighted by molar-refractivity contribution is 5.31. The summed E-state index contributed by atoms with van der Waals surface area (Å²) in [4.78, 5) is 0. The van der Waals surface area contributed by atoms with Crippen molar-refractivity contribution in [2.75, 3.05) is 6.61 Å². The molecule has 9 atom stereocenters. The standard InChI is InChI=1S/C23H34O4/c1-13-14-6-9-23-16(10-14)22-8-5-7-21(4,12-25-19(22)24)15(22)11-17(23)26-20(2,3)27-18(13)23/h14-19,24H,1,5-12H2,2-4H3/t14-,15?,16?,17+,18-,19+,21-,22-,23+/m0/s1. The molecule has 2 unspecified atom stereocenters. The fourth-order valence-corrected chi connectivity index (χ4v) is 8.92. The van der Waals surface area contributed by atoms with Crippen molar-refractivity contribution in [3.63, 3.8) is 0 Å². The van der Waals surface area contributed by atoms with Gasteiger partial charge in [0, 0.05) is 10.8 Å². The second-order valence-electron chi connectivity index (χ2n) is 11.3. The molecule has 7 fully saturated rings. The molecule has 5 aliphatic carbocycles. The van der Waals surface area contributed by atoms with Crippen molar-refractivity contribution in [1.29, 1.82) is 0 Å². The molecule has 4 nitrogen and oxygen atoms in total. The fourth-order valence-electron chi connectivity index (χ4n) is 8.92. The Labute approximate surface area is 162 Å². The van der Waals surface area contributed by atoms with Crippen LogP contribution >= 0.6 is 0 Å². The van der Waals surface area contributed by atoms with E-state index >= 15 is 0 Å². The summed E-state index contributed by atoms with van der Waals surface area (Å²) in [5.41, 5.74) is 1.29. The van der Waals surface area contributed by atoms with Gasteiger partial charge in [0.15, 0.2) is 12.1 Å². The molecule has 0 aromatic rings. The summed E-state index contributed by atoms with van der Waals surface area (Å²) in [6.07, 6.45) is 7.64. The van der Waals surface area contributed by atoms with Gasteiger partial charge in [0.2, 0.25) is 0 Å². The summed E-state index contributed by atoms with van der Waals surface area (Å²) >= 11 is 0.